The van der Waals surface area contributed by atoms with Gasteiger partial charge >= 0.3 is 0 Å². The van der Waals surface area contributed by atoms with Crippen molar-refractivity contribution in [2.75, 3.05) is 17.5 Å². The highest BCUT2D eigenvalue weighted by Crippen LogP contribution is 2.26. The number of para-hydroxylation sites is 1. The van der Waals surface area contributed by atoms with Gasteiger partial charge in [0, 0.05) is 18.9 Å². The predicted octanol–water partition coefficient (Wildman–Crippen LogP) is 4.09. The van der Waals surface area contributed by atoms with Gasteiger partial charge in [-0.15, -0.1) is 0 Å². The van der Waals surface area contributed by atoms with Gasteiger partial charge in [-0.1, -0.05) is 35.9 Å². The molecule has 0 aliphatic heterocycles. The Hall–Kier alpha value is -4.11. The number of nitrogens with one attached hydrogen (secondary N) is 1. The molecule has 0 atom stereocenters. The summed E-state index contributed by atoms with van der Waals surface area (Å²) in [5, 5.41) is 2.86. The van der Waals surface area contributed by atoms with Crippen molar-refractivity contribution < 1.29 is 17.9 Å². The number of hydrogen-bond donors (Lipinski definition) is 1. The molecule has 0 aliphatic carbocycles. The number of ether oxygens (including phenoxy) is 1. The smallest absolute Gasteiger partial charge is 0.264 e. The van der Waals surface area contributed by atoms with Gasteiger partial charge in [0.25, 0.3) is 10.0 Å². The van der Waals surface area contributed by atoms with Crippen LogP contribution >= 0.6 is 0 Å². The minimum Gasteiger partial charge on any atom is -0.494 e. The predicted molar refractivity (Wildman–Crippen MR) is 139 cm³/mol. The lowest BCUT2D eigenvalue weighted by Gasteiger charge is -2.24. The van der Waals surface area contributed by atoms with Crippen LogP contribution in [0.2, 0.25) is 0 Å². The topological polar surface area (TPSA) is 93.5 Å². The van der Waals surface area contributed by atoms with Crippen LogP contribution < -0.4 is 14.4 Å². The first kappa shape index (κ1) is 25.0. The maximum absolute atomic E-state index is 13.6. The van der Waals surface area contributed by atoms with Crippen LogP contribution in [-0.2, 0) is 21.4 Å². The molecule has 186 valence electrons. The minimum absolute atomic E-state index is 0.111. The number of sulfonamides is 1. The fourth-order valence-corrected chi connectivity index (χ4v) is 5.14. The summed E-state index contributed by atoms with van der Waals surface area (Å²) in [5.41, 5.74) is 3.06. The van der Waals surface area contributed by atoms with Crippen LogP contribution in [-0.4, -0.2) is 37.0 Å². The Kier molecular flexibility index (Phi) is 7.70. The van der Waals surface area contributed by atoms with Gasteiger partial charge in [0.1, 0.15) is 12.3 Å². The van der Waals surface area contributed by atoms with E-state index in [1.807, 2.05) is 48.9 Å². The number of aryl methyl sites for hydroxylation is 1. The van der Waals surface area contributed by atoms with Gasteiger partial charge in [0.05, 0.1) is 29.2 Å². The summed E-state index contributed by atoms with van der Waals surface area (Å²) in [5.74, 6) is 0.189. The second-order valence-electron chi connectivity index (χ2n) is 8.13. The molecule has 0 saturated heterocycles. The largest absolute Gasteiger partial charge is 0.494 e. The molecule has 0 fully saturated rings. The molecule has 8 nitrogen and oxygen atoms in total. The molecule has 1 aromatic heterocycles. The molecular weight excluding hydrogens is 476 g/mol. The third-order valence-corrected chi connectivity index (χ3v) is 7.37. The third-order valence-electron chi connectivity index (χ3n) is 5.58. The maximum atomic E-state index is 13.6. The monoisotopic (exact) mass is 504 g/mol. The van der Waals surface area contributed by atoms with Crippen LogP contribution in [0.3, 0.4) is 0 Å². The number of carbonyl (C=O) groups excluding carboxylic acids is 1. The quantitative estimate of drug-likeness (QED) is 0.351. The number of anilines is 1. The van der Waals surface area contributed by atoms with Crippen LogP contribution in [0.4, 0.5) is 5.69 Å². The lowest BCUT2D eigenvalue weighted by Crippen LogP contribution is -2.40. The molecule has 4 rings (SSSR count). The fourth-order valence-electron chi connectivity index (χ4n) is 3.72. The van der Waals surface area contributed by atoms with Crippen LogP contribution in [0.25, 0.3) is 5.69 Å². The molecule has 0 bridgehead atoms. The molecule has 9 heteroatoms. The average molecular weight is 505 g/mol. The van der Waals surface area contributed by atoms with E-state index in [9.17, 15) is 13.2 Å². The molecule has 36 heavy (non-hydrogen) atoms. The van der Waals surface area contributed by atoms with Crippen molar-refractivity contribution in [1.82, 2.24) is 14.9 Å². The number of benzene rings is 3. The Bertz CT molecular complexity index is 1400. The van der Waals surface area contributed by atoms with Crippen LogP contribution in [0.15, 0.2) is 96.4 Å². The standard InChI is InChI=1S/C27H28N4O4S/c1-3-35-24-12-10-23(11-13-24)31(36(33,34)25-14-8-21(2)9-15-25)19-27(32)29-18-22-6-4-5-7-26(22)30-17-16-28-20-30/h4-17,20H,3,18-19H2,1-2H3,(H,29,32). The van der Waals surface area contributed by atoms with Gasteiger partial charge < -0.3 is 14.6 Å². The molecule has 0 radical (unpaired) electrons. The highest BCUT2D eigenvalue weighted by molar-refractivity contribution is 7.92. The number of rotatable bonds is 10. The van der Waals surface area contributed by atoms with E-state index in [1.54, 1.807) is 61.1 Å². The van der Waals surface area contributed by atoms with Gasteiger partial charge in [-0.3, -0.25) is 9.10 Å². The van der Waals surface area contributed by atoms with Gasteiger partial charge in [0.2, 0.25) is 5.91 Å². The van der Waals surface area contributed by atoms with E-state index in [0.717, 1.165) is 21.1 Å². The Balaban J connectivity index is 1.57. The molecule has 0 saturated carbocycles. The Labute approximate surface area is 211 Å². The van der Waals surface area contributed by atoms with E-state index >= 15 is 0 Å². The van der Waals surface area contributed by atoms with Crippen LogP contribution in [0, 0.1) is 6.92 Å². The Morgan fingerprint density at radius 2 is 1.75 bits per heavy atom. The molecule has 0 aliphatic rings. The first-order valence-electron chi connectivity index (χ1n) is 11.5. The highest BCUT2D eigenvalue weighted by atomic mass is 32.2. The normalized spacial score (nSPS) is 11.2. The Morgan fingerprint density at radius 1 is 1.03 bits per heavy atom. The number of imidazole rings is 1. The van der Waals surface area contributed by atoms with E-state index in [0.29, 0.717) is 18.0 Å². The second kappa shape index (κ2) is 11.1. The van der Waals surface area contributed by atoms with E-state index in [1.165, 1.54) is 0 Å². The zero-order valence-electron chi connectivity index (χ0n) is 20.2. The summed E-state index contributed by atoms with van der Waals surface area (Å²) in [4.78, 5) is 17.2. The molecular formula is C27H28N4O4S. The van der Waals surface area contributed by atoms with E-state index in [2.05, 4.69) is 10.3 Å². The summed E-state index contributed by atoms with van der Waals surface area (Å²) in [6.07, 6.45) is 5.19. The number of carbonyl (C=O) groups is 1. The molecule has 1 amide bonds. The van der Waals surface area contributed by atoms with Gasteiger partial charge in [0.15, 0.2) is 0 Å². The summed E-state index contributed by atoms with van der Waals surface area (Å²) in [6.45, 7) is 4.10. The van der Waals surface area contributed by atoms with Gasteiger partial charge in [-0.25, -0.2) is 13.4 Å². The first-order chi connectivity index (χ1) is 17.4. The van der Waals surface area contributed by atoms with E-state index in [4.69, 9.17) is 4.74 Å². The number of nitrogens with zero attached hydrogens (tertiary/aromatic N) is 3. The molecule has 0 unspecified atom stereocenters. The van der Waals surface area contributed by atoms with Crippen molar-refractivity contribution in [3.05, 3.63) is 103 Å². The van der Waals surface area contributed by atoms with Gasteiger partial charge in [-0.05, 0) is 61.9 Å². The van der Waals surface area contributed by atoms with Crippen LogP contribution in [0.5, 0.6) is 5.75 Å². The van der Waals surface area contributed by atoms with E-state index < -0.39 is 15.9 Å². The summed E-state index contributed by atoms with van der Waals surface area (Å²) in [6, 6.07) is 20.8. The minimum atomic E-state index is -4.00. The van der Waals surface area contributed by atoms with Crippen LogP contribution in [0.1, 0.15) is 18.1 Å². The van der Waals surface area contributed by atoms with Crippen molar-refractivity contribution in [1.29, 1.82) is 0 Å². The second-order valence-corrected chi connectivity index (χ2v) is 9.99. The number of amides is 1. The van der Waals surface area contributed by atoms with Gasteiger partial charge in [-0.2, -0.15) is 0 Å². The number of aromatic nitrogens is 2. The lowest BCUT2D eigenvalue weighted by atomic mass is 10.1. The Morgan fingerprint density at radius 3 is 2.42 bits per heavy atom. The zero-order chi connectivity index (χ0) is 25.5. The molecule has 1 N–H and O–H groups in total. The van der Waals surface area contributed by atoms with Crippen molar-refractivity contribution in [2.45, 2.75) is 25.3 Å². The highest BCUT2D eigenvalue weighted by Gasteiger charge is 2.27. The summed E-state index contributed by atoms with van der Waals surface area (Å²) < 4.78 is 35.6. The zero-order valence-corrected chi connectivity index (χ0v) is 21.0. The SMILES string of the molecule is CCOc1ccc(N(CC(=O)NCc2ccccc2-n2ccnc2)S(=O)(=O)c2ccc(C)cc2)cc1. The first-order valence-corrected chi connectivity index (χ1v) is 13.0. The number of hydrogen-bond acceptors (Lipinski definition) is 5. The van der Waals surface area contributed by atoms with Crippen molar-refractivity contribution in [2.24, 2.45) is 0 Å². The molecule has 0 spiro atoms. The average Bonchev–Trinajstić information content (AvgIpc) is 3.42. The molecule has 1 heterocycles. The summed E-state index contributed by atoms with van der Waals surface area (Å²) >= 11 is 0. The van der Waals surface area contributed by atoms with Crippen molar-refractivity contribution >= 4 is 21.6 Å². The summed E-state index contributed by atoms with van der Waals surface area (Å²) in [7, 11) is -4.00. The lowest BCUT2D eigenvalue weighted by molar-refractivity contribution is -0.119. The third kappa shape index (κ3) is 5.75. The van der Waals surface area contributed by atoms with Crippen molar-refractivity contribution in [3.63, 3.8) is 0 Å². The maximum Gasteiger partial charge on any atom is 0.264 e. The molecule has 4 aromatic rings. The fraction of sp³-hybridized carbons (Fsp3) is 0.185. The molecule has 3 aromatic carbocycles. The van der Waals surface area contributed by atoms with Crippen molar-refractivity contribution in [3.8, 4) is 11.4 Å². The van der Waals surface area contributed by atoms with E-state index in [-0.39, 0.29) is 18.0 Å².